The van der Waals surface area contributed by atoms with Crippen molar-refractivity contribution in [2.45, 2.75) is 26.2 Å². The SMILES string of the molecule is CC1CC1C(=O)Nc1ccccc1CCC(=O)O. The average Bonchev–Trinajstić information content (AvgIpc) is 3.05. The Morgan fingerprint density at radius 1 is 1.39 bits per heavy atom. The first-order chi connectivity index (χ1) is 8.58. The highest BCUT2D eigenvalue weighted by Gasteiger charge is 2.39. The van der Waals surface area contributed by atoms with Gasteiger partial charge in [0.1, 0.15) is 0 Å². The second kappa shape index (κ2) is 5.21. The van der Waals surface area contributed by atoms with Crippen LogP contribution in [-0.4, -0.2) is 17.0 Å². The zero-order valence-corrected chi connectivity index (χ0v) is 10.3. The third-order valence-corrected chi connectivity index (χ3v) is 3.33. The highest BCUT2D eigenvalue weighted by atomic mass is 16.4. The topological polar surface area (TPSA) is 66.4 Å². The van der Waals surface area contributed by atoms with Gasteiger partial charge in [0.05, 0.1) is 0 Å². The molecule has 0 aliphatic heterocycles. The van der Waals surface area contributed by atoms with Crippen LogP contribution < -0.4 is 5.32 Å². The number of rotatable bonds is 5. The zero-order valence-electron chi connectivity index (χ0n) is 10.3. The molecule has 2 atom stereocenters. The molecule has 0 radical (unpaired) electrons. The monoisotopic (exact) mass is 247 g/mol. The van der Waals surface area contributed by atoms with Crippen molar-refractivity contribution in [1.29, 1.82) is 0 Å². The summed E-state index contributed by atoms with van der Waals surface area (Å²) < 4.78 is 0. The number of amides is 1. The maximum absolute atomic E-state index is 11.8. The normalized spacial score (nSPS) is 21.4. The summed E-state index contributed by atoms with van der Waals surface area (Å²) in [6.45, 7) is 2.06. The van der Waals surface area contributed by atoms with Crippen LogP contribution in [0.2, 0.25) is 0 Å². The van der Waals surface area contributed by atoms with E-state index in [0.717, 1.165) is 17.7 Å². The zero-order chi connectivity index (χ0) is 13.1. The van der Waals surface area contributed by atoms with Crippen molar-refractivity contribution in [3.63, 3.8) is 0 Å². The number of carboxylic acids is 1. The Morgan fingerprint density at radius 2 is 2.06 bits per heavy atom. The van der Waals surface area contributed by atoms with E-state index in [1.54, 1.807) is 0 Å². The van der Waals surface area contributed by atoms with E-state index < -0.39 is 5.97 Å². The van der Waals surface area contributed by atoms with Crippen LogP contribution in [0.15, 0.2) is 24.3 Å². The molecule has 18 heavy (non-hydrogen) atoms. The fraction of sp³-hybridized carbons (Fsp3) is 0.429. The number of carboxylic acid groups (broad SMARTS) is 1. The van der Waals surface area contributed by atoms with Crippen LogP contribution in [0.25, 0.3) is 0 Å². The molecule has 4 heteroatoms. The second-order valence-electron chi connectivity index (χ2n) is 4.86. The molecule has 0 aromatic heterocycles. The number of aryl methyl sites for hydroxylation is 1. The van der Waals surface area contributed by atoms with E-state index >= 15 is 0 Å². The number of carbonyl (C=O) groups excluding carboxylic acids is 1. The maximum Gasteiger partial charge on any atom is 0.303 e. The molecule has 1 aromatic rings. The van der Waals surface area contributed by atoms with E-state index in [2.05, 4.69) is 12.2 Å². The van der Waals surface area contributed by atoms with Gasteiger partial charge in [0.15, 0.2) is 0 Å². The Hall–Kier alpha value is -1.84. The van der Waals surface area contributed by atoms with Crippen molar-refractivity contribution in [2.24, 2.45) is 11.8 Å². The number of benzene rings is 1. The van der Waals surface area contributed by atoms with Crippen LogP contribution in [0.4, 0.5) is 5.69 Å². The molecule has 1 aliphatic rings. The van der Waals surface area contributed by atoms with E-state index in [1.165, 1.54) is 0 Å². The summed E-state index contributed by atoms with van der Waals surface area (Å²) in [6, 6.07) is 7.37. The standard InChI is InChI=1S/C14H17NO3/c1-9-8-11(9)14(18)15-12-5-3-2-4-10(12)6-7-13(16)17/h2-5,9,11H,6-8H2,1H3,(H,15,18)(H,16,17). The predicted octanol–water partition coefficient (Wildman–Crippen LogP) is 2.30. The number of aliphatic carboxylic acids is 1. The van der Waals surface area contributed by atoms with Gasteiger partial charge in [-0.25, -0.2) is 0 Å². The van der Waals surface area contributed by atoms with E-state index in [4.69, 9.17) is 5.11 Å². The molecule has 2 rings (SSSR count). The molecule has 1 fully saturated rings. The Bertz CT molecular complexity index is 470. The van der Waals surface area contributed by atoms with E-state index in [1.807, 2.05) is 24.3 Å². The van der Waals surface area contributed by atoms with Crippen LogP contribution in [0.3, 0.4) is 0 Å². The molecule has 2 unspecified atom stereocenters. The van der Waals surface area contributed by atoms with E-state index in [-0.39, 0.29) is 18.2 Å². The van der Waals surface area contributed by atoms with Gasteiger partial charge in [-0.15, -0.1) is 0 Å². The van der Waals surface area contributed by atoms with Crippen molar-refractivity contribution in [3.05, 3.63) is 29.8 Å². The minimum atomic E-state index is -0.827. The summed E-state index contributed by atoms with van der Waals surface area (Å²) in [7, 11) is 0. The fourth-order valence-corrected chi connectivity index (χ4v) is 2.01. The summed E-state index contributed by atoms with van der Waals surface area (Å²) in [5.74, 6) is -0.189. The number of hydrogen-bond donors (Lipinski definition) is 2. The number of para-hydroxylation sites is 1. The maximum atomic E-state index is 11.8. The summed E-state index contributed by atoms with van der Waals surface area (Å²) in [5, 5.41) is 11.6. The lowest BCUT2D eigenvalue weighted by Crippen LogP contribution is -2.15. The molecule has 1 amide bonds. The van der Waals surface area contributed by atoms with Crippen LogP contribution in [0.5, 0.6) is 0 Å². The molecule has 0 heterocycles. The molecule has 0 bridgehead atoms. The lowest BCUT2D eigenvalue weighted by molar-refractivity contribution is -0.136. The van der Waals surface area contributed by atoms with Gasteiger partial charge < -0.3 is 10.4 Å². The van der Waals surface area contributed by atoms with Crippen molar-refractivity contribution in [2.75, 3.05) is 5.32 Å². The fourth-order valence-electron chi connectivity index (χ4n) is 2.01. The highest BCUT2D eigenvalue weighted by molar-refractivity contribution is 5.95. The smallest absolute Gasteiger partial charge is 0.303 e. The minimum absolute atomic E-state index is 0.0466. The first kappa shape index (κ1) is 12.6. The van der Waals surface area contributed by atoms with Crippen LogP contribution >= 0.6 is 0 Å². The molecule has 1 aromatic carbocycles. The lowest BCUT2D eigenvalue weighted by Gasteiger charge is -2.10. The first-order valence-corrected chi connectivity index (χ1v) is 6.18. The molecule has 1 aliphatic carbocycles. The average molecular weight is 247 g/mol. The molecule has 96 valence electrons. The van der Waals surface area contributed by atoms with Crippen molar-refractivity contribution in [1.82, 2.24) is 0 Å². The van der Waals surface area contributed by atoms with Gasteiger partial charge in [-0.3, -0.25) is 9.59 Å². The molecule has 2 N–H and O–H groups in total. The summed E-state index contributed by atoms with van der Waals surface area (Å²) in [6.07, 6.45) is 1.46. The molecular weight excluding hydrogens is 230 g/mol. The number of nitrogens with one attached hydrogen (secondary N) is 1. The van der Waals surface area contributed by atoms with Gasteiger partial charge in [-0.1, -0.05) is 25.1 Å². The van der Waals surface area contributed by atoms with Gasteiger partial charge in [-0.2, -0.15) is 0 Å². The van der Waals surface area contributed by atoms with Crippen LogP contribution in [-0.2, 0) is 16.0 Å². The predicted molar refractivity (Wildman–Crippen MR) is 68.3 cm³/mol. The van der Waals surface area contributed by atoms with Crippen LogP contribution in [0, 0.1) is 11.8 Å². The van der Waals surface area contributed by atoms with Gasteiger partial charge in [0, 0.05) is 18.0 Å². The molecule has 1 saturated carbocycles. The largest absolute Gasteiger partial charge is 0.481 e. The summed E-state index contributed by atoms with van der Waals surface area (Å²) in [5.41, 5.74) is 1.62. The Kier molecular flexibility index (Phi) is 3.65. The third-order valence-electron chi connectivity index (χ3n) is 3.33. The number of anilines is 1. The quantitative estimate of drug-likeness (QED) is 0.839. The molecular formula is C14H17NO3. The molecule has 0 saturated heterocycles. The van der Waals surface area contributed by atoms with E-state index in [9.17, 15) is 9.59 Å². The van der Waals surface area contributed by atoms with Gasteiger partial charge in [0.25, 0.3) is 0 Å². The summed E-state index contributed by atoms with van der Waals surface area (Å²) in [4.78, 5) is 22.4. The van der Waals surface area contributed by atoms with Gasteiger partial charge in [0.2, 0.25) is 5.91 Å². The van der Waals surface area contributed by atoms with Gasteiger partial charge in [-0.05, 0) is 30.4 Å². The third kappa shape index (κ3) is 3.09. The Balaban J connectivity index is 2.02. The van der Waals surface area contributed by atoms with Gasteiger partial charge >= 0.3 is 5.97 Å². The Labute approximate surface area is 106 Å². The number of hydrogen-bond acceptors (Lipinski definition) is 2. The molecule has 4 nitrogen and oxygen atoms in total. The minimum Gasteiger partial charge on any atom is -0.481 e. The van der Waals surface area contributed by atoms with Crippen LogP contribution in [0.1, 0.15) is 25.3 Å². The second-order valence-corrected chi connectivity index (χ2v) is 4.86. The number of carbonyl (C=O) groups is 2. The lowest BCUT2D eigenvalue weighted by atomic mass is 10.1. The Morgan fingerprint density at radius 3 is 2.67 bits per heavy atom. The van der Waals surface area contributed by atoms with Crippen molar-refractivity contribution < 1.29 is 14.7 Å². The first-order valence-electron chi connectivity index (χ1n) is 6.18. The van der Waals surface area contributed by atoms with Crippen molar-refractivity contribution in [3.8, 4) is 0 Å². The molecule has 0 spiro atoms. The highest BCUT2D eigenvalue weighted by Crippen LogP contribution is 2.38. The van der Waals surface area contributed by atoms with Crippen molar-refractivity contribution >= 4 is 17.6 Å². The summed E-state index contributed by atoms with van der Waals surface area (Å²) >= 11 is 0. The van der Waals surface area contributed by atoms with E-state index in [0.29, 0.717) is 12.3 Å².